The first-order valence-electron chi connectivity index (χ1n) is 8.71. The molecule has 0 atom stereocenters. The summed E-state index contributed by atoms with van der Waals surface area (Å²) in [5.74, 6) is 1.57. The first-order chi connectivity index (χ1) is 12.2. The van der Waals surface area contributed by atoms with Gasteiger partial charge in [0, 0.05) is 13.5 Å². The highest BCUT2D eigenvalue weighted by atomic mass is 16.5. The summed E-state index contributed by atoms with van der Waals surface area (Å²) in [6, 6.07) is 11.0. The van der Waals surface area contributed by atoms with Crippen molar-refractivity contribution in [2.24, 2.45) is 0 Å². The van der Waals surface area contributed by atoms with E-state index in [4.69, 9.17) is 18.6 Å². The first-order valence-corrected chi connectivity index (χ1v) is 8.71. The van der Waals surface area contributed by atoms with Crippen LogP contribution < -0.4 is 4.74 Å². The average molecular weight is 346 g/mol. The van der Waals surface area contributed by atoms with Crippen LogP contribution in [-0.2, 0) is 9.47 Å². The zero-order valence-corrected chi connectivity index (χ0v) is 15.0. The average Bonchev–Trinajstić information content (AvgIpc) is 3.11. The minimum Gasteiger partial charge on any atom is -0.490 e. The Bertz CT molecular complexity index is 647. The number of rotatable bonds is 12. The molecule has 0 saturated heterocycles. The molecular weight excluding hydrogens is 320 g/mol. The van der Waals surface area contributed by atoms with Crippen molar-refractivity contribution in [3.63, 3.8) is 0 Å². The topological polar surface area (TPSA) is 57.9 Å². The van der Waals surface area contributed by atoms with Gasteiger partial charge in [0.25, 0.3) is 0 Å². The molecule has 1 heterocycles. The Hall–Kier alpha value is -2.11. The van der Waals surface area contributed by atoms with E-state index in [0.717, 1.165) is 25.0 Å². The van der Waals surface area contributed by atoms with Gasteiger partial charge in [-0.1, -0.05) is 25.5 Å². The molecule has 1 aromatic carbocycles. The van der Waals surface area contributed by atoms with Crippen molar-refractivity contribution in [1.29, 1.82) is 0 Å². The highest BCUT2D eigenvalue weighted by Crippen LogP contribution is 2.31. The highest BCUT2D eigenvalue weighted by molar-refractivity contribution is 5.92. The molecule has 0 amide bonds. The van der Waals surface area contributed by atoms with Crippen molar-refractivity contribution in [2.75, 3.05) is 33.0 Å². The molecule has 5 nitrogen and oxygen atoms in total. The van der Waals surface area contributed by atoms with Crippen molar-refractivity contribution in [1.82, 2.24) is 0 Å². The van der Waals surface area contributed by atoms with E-state index in [1.54, 1.807) is 12.1 Å². The molecule has 0 unspecified atom stereocenters. The lowest BCUT2D eigenvalue weighted by atomic mass is 10.1. The summed E-state index contributed by atoms with van der Waals surface area (Å²) in [7, 11) is 0. The summed E-state index contributed by atoms with van der Waals surface area (Å²) in [6.45, 7) is 6.50. The largest absolute Gasteiger partial charge is 0.490 e. The number of carbonyl (C=O) groups excluding carboxylic acids is 1. The minimum atomic E-state index is -0.0980. The summed E-state index contributed by atoms with van der Waals surface area (Å²) < 4.78 is 22.3. The molecule has 0 spiro atoms. The second-order valence-electron chi connectivity index (χ2n) is 5.64. The Labute approximate surface area is 148 Å². The van der Waals surface area contributed by atoms with Crippen LogP contribution in [0, 0.1) is 0 Å². The maximum atomic E-state index is 11.4. The third-order valence-electron chi connectivity index (χ3n) is 3.60. The summed E-state index contributed by atoms with van der Waals surface area (Å²) in [6.07, 6.45) is 2.22. The van der Waals surface area contributed by atoms with Crippen LogP contribution in [0.4, 0.5) is 0 Å². The van der Waals surface area contributed by atoms with E-state index in [-0.39, 0.29) is 5.78 Å². The van der Waals surface area contributed by atoms with Gasteiger partial charge in [-0.15, -0.1) is 0 Å². The van der Waals surface area contributed by atoms with Gasteiger partial charge in [0.2, 0.25) is 0 Å². The maximum Gasteiger partial charge on any atom is 0.194 e. The monoisotopic (exact) mass is 346 g/mol. The van der Waals surface area contributed by atoms with Crippen molar-refractivity contribution in [2.45, 2.75) is 26.7 Å². The van der Waals surface area contributed by atoms with Crippen LogP contribution in [0.15, 0.2) is 40.8 Å². The number of para-hydroxylation sites is 1. The molecular formula is C20H26O5. The van der Waals surface area contributed by atoms with E-state index in [0.29, 0.717) is 43.7 Å². The number of carbonyl (C=O) groups is 1. The predicted molar refractivity (Wildman–Crippen MR) is 96.2 cm³/mol. The number of hydrogen-bond donors (Lipinski definition) is 0. The third kappa shape index (κ3) is 6.36. The normalized spacial score (nSPS) is 10.8. The number of Topliss-reactive ketones (excluding diaryl/α,β-unsaturated/α-hetero) is 1. The zero-order valence-electron chi connectivity index (χ0n) is 15.0. The lowest BCUT2D eigenvalue weighted by Crippen LogP contribution is -2.11. The molecule has 0 aliphatic rings. The SMILES string of the molecule is CCCCOCCOCCOc1ccccc1-c1ccc(C(C)=O)o1. The smallest absolute Gasteiger partial charge is 0.194 e. The number of ketones is 1. The van der Waals surface area contributed by atoms with Gasteiger partial charge >= 0.3 is 0 Å². The lowest BCUT2D eigenvalue weighted by Gasteiger charge is -2.10. The summed E-state index contributed by atoms with van der Waals surface area (Å²) in [5.41, 5.74) is 0.817. The van der Waals surface area contributed by atoms with Crippen molar-refractivity contribution >= 4 is 5.78 Å². The Morgan fingerprint density at radius 1 is 0.960 bits per heavy atom. The number of hydrogen-bond acceptors (Lipinski definition) is 5. The Kier molecular flexibility index (Phi) is 8.22. The molecule has 2 rings (SSSR count). The van der Waals surface area contributed by atoms with Crippen LogP contribution in [0.2, 0.25) is 0 Å². The standard InChI is InChI=1S/C20H26O5/c1-3-4-11-22-12-13-23-14-15-24-19-8-6-5-7-17(19)20-10-9-18(25-20)16(2)21/h5-10H,3-4,11-15H2,1-2H3. The van der Waals surface area contributed by atoms with Gasteiger partial charge in [-0.25, -0.2) is 0 Å². The second kappa shape index (κ2) is 10.7. The maximum absolute atomic E-state index is 11.4. The molecule has 136 valence electrons. The van der Waals surface area contributed by atoms with Crippen molar-refractivity contribution in [3.05, 3.63) is 42.2 Å². The molecule has 0 fully saturated rings. The zero-order chi connectivity index (χ0) is 17.9. The molecule has 0 bridgehead atoms. The van der Waals surface area contributed by atoms with Gasteiger partial charge in [0.05, 0.1) is 25.4 Å². The molecule has 1 aromatic heterocycles. The molecule has 0 radical (unpaired) electrons. The number of furan rings is 1. The van der Waals surface area contributed by atoms with Crippen molar-refractivity contribution < 1.29 is 23.4 Å². The minimum absolute atomic E-state index is 0.0980. The van der Waals surface area contributed by atoms with E-state index in [1.165, 1.54) is 6.92 Å². The fourth-order valence-electron chi connectivity index (χ4n) is 2.25. The molecule has 25 heavy (non-hydrogen) atoms. The van der Waals surface area contributed by atoms with Gasteiger partial charge in [0.1, 0.15) is 18.1 Å². The van der Waals surface area contributed by atoms with Gasteiger partial charge in [-0.2, -0.15) is 0 Å². The van der Waals surface area contributed by atoms with Gasteiger partial charge in [0.15, 0.2) is 11.5 Å². The number of benzene rings is 1. The van der Waals surface area contributed by atoms with E-state index >= 15 is 0 Å². The molecule has 2 aromatic rings. The summed E-state index contributed by atoms with van der Waals surface area (Å²) in [4.78, 5) is 11.4. The third-order valence-corrected chi connectivity index (χ3v) is 3.60. The van der Waals surface area contributed by atoms with E-state index < -0.39 is 0 Å². The quantitative estimate of drug-likeness (QED) is 0.422. The Morgan fingerprint density at radius 2 is 1.68 bits per heavy atom. The van der Waals surface area contributed by atoms with Gasteiger partial charge < -0.3 is 18.6 Å². The highest BCUT2D eigenvalue weighted by Gasteiger charge is 2.12. The Balaban J connectivity index is 1.78. The molecule has 0 saturated carbocycles. The van der Waals surface area contributed by atoms with Crippen molar-refractivity contribution in [3.8, 4) is 17.1 Å². The molecule has 5 heteroatoms. The van der Waals surface area contributed by atoms with Crippen LogP contribution in [-0.4, -0.2) is 38.8 Å². The Morgan fingerprint density at radius 3 is 2.40 bits per heavy atom. The van der Waals surface area contributed by atoms with Crippen LogP contribution in [0.1, 0.15) is 37.2 Å². The lowest BCUT2D eigenvalue weighted by molar-refractivity contribution is 0.0356. The molecule has 0 aliphatic carbocycles. The molecule has 0 aliphatic heterocycles. The van der Waals surface area contributed by atoms with Gasteiger partial charge in [-0.3, -0.25) is 4.79 Å². The summed E-state index contributed by atoms with van der Waals surface area (Å²) in [5, 5.41) is 0. The second-order valence-corrected chi connectivity index (χ2v) is 5.64. The summed E-state index contributed by atoms with van der Waals surface area (Å²) >= 11 is 0. The van der Waals surface area contributed by atoms with E-state index in [1.807, 2.05) is 24.3 Å². The van der Waals surface area contributed by atoms with Crippen LogP contribution >= 0.6 is 0 Å². The fraction of sp³-hybridized carbons (Fsp3) is 0.450. The fourth-order valence-corrected chi connectivity index (χ4v) is 2.25. The first kappa shape index (κ1) is 19.2. The molecule has 0 N–H and O–H groups in total. The van der Waals surface area contributed by atoms with Crippen LogP contribution in [0.3, 0.4) is 0 Å². The van der Waals surface area contributed by atoms with Crippen LogP contribution in [0.25, 0.3) is 11.3 Å². The van der Waals surface area contributed by atoms with E-state index in [2.05, 4.69) is 6.92 Å². The van der Waals surface area contributed by atoms with Crippen LogP contribution in [0.5, 0.6) is 5.75 Å². The van der Waals surface area contributed by atoms with E-state index in [9.17, 15) is 4.79 Å². The van der Waals surface area contributed by atoms with Gasteiger partial charge in [-0.05, 0) is 30.7 Å². The number of unbranched alkanes of at least 4 members (excludes halogenated alkanes) is 1. The number of ether oxygens (including phenoxy) is 3. The predicted octanol–water partition coefficient (Wildman–Crippen LogP) is 4.36.